The molecule has 84 valence electrons. The summed E-state index contributed by atoms with van der Waals surface area (Å²) in [7, 11) is 0. The van der Waals surface area contributed by atoms with Crippen LogP contribution in [-0.4, -0.2) is 9.78 Å². The molecule has 0 radical (unpaired) electrons. The van der Waals surface area contributed by atoms with Gasteiger partial charge in [0.25, 0.3) is 5.56 Å². The Morgan fingerprint density at radius 3 is 2.75 bits per heavy atom. The maximum Gasteiger partial charge on any atom is 0.271 e. The van der Waals surface area contributed by atoms with Crippen molar-refractivity contribution in [3.8, 4) is 5.69 Å². The highest BCUT2D eigenvalue weighted by atomic mass is 35.5. The third kappa shape index (κ3) is 1.78. The zero-order valence-electron chi connectivity index (χ0n) is 9.25. The van der Waals surface area contributed by atoms with E-state index in [4.69, 9.17) is 11.6 Å². The second kappa shape index (κ2) is 4.18. The monoisotopic (exact) mass is 236 g/mol. The van der Waals surface area contributed by atoms with Crippen LogP contribution < -0.4 is 5.56 Å². The Labute approximate surface area is 98.7 Å². The van der Waals surface area contributed by atoms with Gasteiger partial charge in [0.2, 0.25) is 0 Å². The lowest BCUT2D eigenvalue weighted by molar-refractivity contribution is 0.822. The smallest absolute Gasteiger partial charge is 0.271 e. The Kier molecular flexibility index (Phi) is 2.88. The van der Waals surface area contributed by atoms with Crippen molar-refractivity contribution in [2.45, 2.75) is 20.3 Å². The standard InChI is InChI=1S/C12H13ClN2O/c1-3-9-5-4-6-10(13)12(9)15-11(16)7-8(2)14-15/h4-7,14H,3H2,1-2H3. The molecule has 1 heterocycles. The fourth-order valence-corrected chi connectivity index (χ4v) is 2.05. The van der Waals surface area contributed by atoms with Gasteiger partial charge in [0.1, 0.15) is 0 Å². The highest BCUT2D eigenvalue weighted by Crippen LogP contribution is 2.23. The summed E-state index contributed by atoms with van der Waals surface area (Å²) in [6.07, 6.45) is 0.834. The maximum absolute atomic E-state index is 11.7. The van der Waals surface area contributed by atoms with Crippen LogP contribution in [0.2, 0.25) is 5.02 Å². The number of benzene rings is 1. The predicted octanol–water partition coefficient (Wildman–Crippen LogP) is 2.69. The van der Waals surface area contributed by atoms with Crippen molar-refractivity contribution in [3.63, 3.8) is 0 Å². The Morgan fingerprint density at radius 1 is 1.44 bits per heavy atom. The van der Waals surface area contributed by atoms with E-state index in [-0.39, 0.29) is 5.56 Å². The van der Waals surface area contributed by atoms with Gasteiger partial charge in [-0.15, -0.1) is 0 Å². The molecule has 0 aliphatic heterocycles. The van der Waals surface area contributed by atoms with Gasteiger partial charge >= 0.3 is 0 Å². The molecule has 0 bridgehead atoms. The molecule has 0 amide bonds. The van der Waals surface area contributed by atoms with E-state index in [2.05, 4.69) is 5.10 Å². The lowest BCUT2D eigenvalue weighted by Gasteiger charge is -2.09. The highest BCUT2D eigenvalue weighted by Gasteiger charge is 2.10. The van der Waals surface area contributed by atoms with Crippen molar-refractivity contribution in [3.05, 3.63) is 50.9 Å². The molecular formula is C12H13ClN2O. The largest absolute Gasteiger partial charge is 0.295 e. The second-order valence-electron chi connectivity index (χ2n) is 3.71. The van der Waals surface area contributed by atoms with Crippen molar-refractivity contribution in [1.82, 2.24) is 9.78 Å². The summed E-state index contributed by atoms with van der Waals surface area (Å²) in [6, 6.07) is 7.22. The number of aromatic nitrogens is 2. The molecule has 0 aliphatic carbocycles. The number of halogens is 1. The SMILES string of the molecule is CCc1cccc(Cl)c1-n1[nH]c(C)cc1=O. The van der Waals surface area contributed by atoms with Crippen LogP contribution in [-0.2, 0) is 6.42 Å². The summed E-state index contributed by atoms with van der Waals surface area (Å²) >= 11 is 6.14. The van der Waals surface area contributed by atoms with Crippen molar-refractivity contribution < 1.29 is 0 Å². The molecule has 1 N–H and O–H groups in total. The minimum Gasteiger partial charge on any atom is -0.295 e. The molecule has 0 fully saturated rings. The average molecular weight is 237 g/mol. The van der Waals surface area contributed by atoms with Crippen LogP contribution in [0.5, 0.6) is 0 Å². The first-order valence-electron chi connectivity index (χ1n) is 5.20. The van der Waals surface area contributed by atoms with Crippen molar-refractivity contribution in [2.75, 3.05) is 0 Å². The molecule has 1 aromatic heterocycles. The molecule has 4 heteroatoms. The van der Waals surface area contributed by atoms with Gasteiger partial charge < -0.3 is 0 Å². The first-order valence-corrected chi connectivity index (χ1v) is 5.57. The van der Waals surface area contributed by atoms with Crippen molar-refractivity contribution in [2.24, 2.45) is 0 Å². The van der Waals surface area contributed by atoms with Crippen LogP contribution in [0.15, 0.2) is 29.1 Å². The fourth-order valence-electron chi connectivity index (χ4n) is 1.78. The fraction of sp³-hybridized carbons (Fsp3) is 0.250. The van der Waals surface area contributed by atoms with Gasteiger partial charge in [-0.1, -0.05) is 30.7 Å². The highest BCUT2D eigenvalue weighted by molar-refractivity contribution is 6.32. The van der Waals surface area contributed by atoms with Gasteiger partial charge in [0.15, 0.2) is 0 Å². The Morgan fingerprint density at radius 2 is 2.19 bits per heavy atom. The van der Waals surface area contributed by atoms with Crippen LogP contribution in [0, 0.1) is 6.92 Å². The summed E-state index contributed by atoms with van der Waals surface area (Å²) in [4.78, 5) is 11.7. The number of nitrogens with one attached hydrogen (secondary N) is 1. The molecule has 0 unspecified atom stereocenters. The summed E-state index contributed by atoms with van der Waals surface area (Å²) in [5.74, 6) is 0. The summed E-state index contributed by atoms with van der Waals surface area (Å²) < 4.78 is 1.50. The third-order valence-electron chi connectivity index (χ3n) is 2.52. The van der Waals surface area contributed by atoms with E-state index < -0.39 is 0 Å². The van der Waals surface area contributed by atoms with Gasteiger partial charge in [-0.3, -0.25) is 9.89 Å². The quantitative estimate of drug-likeness (QED) is 0.856. The summed E-state index contributed by atoms with van der Waals surface area (Å²) in [5.41, 5.74) is 2.55. The molecule has 0 saturated carbocycles. The lowest BCUT2D eigenvalue weighted by atomic mass is 10.1. The second-order valence-corrected chi connectivity index (χ2v) is 4.12. The van der Waals surface area contributed by atoms with Gasteiger partial charge in [0.05, 0.1) is 10.7 Å². The summed E-state index contributed by atoms with van der Waals surface area (Å²) in [6.45, 7) is 3.89. The predicted molar refractivity (Wildman–Crippen MR) is 65.5 cm³/mol. The maximum atomic E-state index is 11.7. The number of para-hydroxylation sites is 1. The van der Waals surface area contributed by atoms with E-state index in [1.165, 1.54) is 4.68 Å². The molecule has 2 aromatic rings. The number of aryl methyl sites for hydroxylation is 2. The number of aromatic amines is 1. The van der Waals surface area contributed by atoms with Gasteiger partial charge in [-0.25, -0.2) is 4.68 Å². The Hall–Kier alpha value is -1.48. The number of rotatable bonds is 2. The zero-order valence-corrected chi connectivity index (χ0v) is 10.0. The minimum atomic E-state index is -0.0831. The van der Waals surface area contributed by atoms with Crippen LogP contribution in [0.3, 0.4) is 0 Å². The molecule has 0 atom stereocenters. The zero-order chi connectivity index (χ0) is 11.7. The molecule has 0 saturated heterocycles. The van der Waals surface area contributed by atoms with E-state index >= 15 is 0 Å². The number of nitrogens with zero attached hydrogens (tertiary/aromatic N) is 1. The van der Waals surface area contributed by atoms with Crippen LogP contribution in [0.1, 0.15) is 18.2 Å². The van der Waals surface area contributed by atoms with Crippen LogP contribution in [0.4, 0.5) is 0 Å². The Balaban J connectivity index is 2.72. The van der Waals surface area contributed by atoms with E-state index in [9.17, 15) is 4.79 Å². The van der Waals surface area contributed by atoms with E-state index in [0.717, 1.165) is 23.4 Å². The molecule has 0 aliphatic rings. The van der Waals surface area contributed by atoms with Gasteiger partial charge in [0, 0.05) is 11.8 Å². The molecule has 2 rings (SSSR count). The lowest BCUT2D eigenvalue weighted by Crippen LogP contribution is -2.15. The third-order valence-corrected chi connectivity index (χ3v) is 2.83. The minimum absolute atomic E-state index is 0.0831. The van der Waals surface area contributed by atoms with E-state index in [0.29, 0.717) is 5.02 Å². The molecular weight excluding hydrogens is 224 g/mol. The molecule has 1 aromatic carbocycles. The van der Waals surface area contributed by atoms with Crippen LogP contribution in [0.25, 0.3) is 5.69 Å². The van der Waals surface area contributed by atoms with Crippen LogP contribution >= 0.6 is 11.6 Å². The van der Waals surface area contributed by atoms with E-state index in [1.807, 2.05) is 26.0 Å². The molecule has 3 nitrogen and oxygen atoms in total. The first kappa shape index (κ1) is 11.0. The Bertz CT molecular complexity index is 569. The number of H-pyrrole nitrogens is 1. The first-order chi connectivity index (χ1) is 7.63. The van der Waals surface area contributed by atoms with Crippen molar-refractivity contribution in [1.29, 1.82) is 0 Å². The average Bonchev–Trinajstić information content (AvgIpc) is 2.57. The van der Waals surface area contributed by atoms with Gasteiger partial charge in [-0.05, 0) is 25.0 Å². The topological polar surface area (TPSA) is 37.8 Å². The molecule has 0 spiro atoms. The normalized spacial score (nSPS) is 10.7. The van der Waals surface area contributed by atoms with E-state index in [1.54, 1.807) is 12.1 Å². The molecule has 16 heavy (non-hydrogen) atoms. The number of hydrogen-bond donors (Lipinski definition) is 1. The summed E-state index contributed by atoms with van der Waals surface area (Å²) in [5, 5.41) is 3.58. The number of hydrogen-bond acceptors (Lipinski definition) is 1. The van der Waals surface area contributed by atoms with Gasteiger partial charge in [-0.2, -0.15) is 0 Å². The van der Waals surface area contributed by atoms with Crippen molar-refractivity contribution >= 4 is 11.6 Å².